The van der Waals surface area contributed by atoms with E-state index in [0.29, 0.717) is 32.1 Å². The Kier molecular flexibility index (Phi) is 4.66. The summed E-state index contributed by atoms with van der Waals surface area (Å²) >= 11 is 0. The van der Waals surface area contributed by atoms with Crippen LogP contribution in [-0.4, -0.2) is 33.5 Å². The smallest absolute Gasteiger partial charge is 0.165 e. The van der Waals surface area contributed by atoms with Gasteiger partial charge in [0.2, 0.25) is 0 Å². The van der Waals surface area contributed by atoms with E-state index in [1.165, 1.54) is 0 Å². The first-order valence-electron chi connectivity index (χ1n) is 6.19. The van der Waals surface area contributed by atoms with Gasteiger partial charge in [-0.05, 0) is 6.07 Å². The molecule has 1 aliphatic rings. The zero-order valence-electron chi connectivity index (χ0n) is 10.7. The lowest BCUT2D eigenvalue weighted by Crippen LogP contribution is -2.19. The largest absolute Gasteiger partial charge is 0.489 e. The zero-order chi connectivity index (χ0) is 12.8. The van der Waals surface area contributed by atoms with Gasteiger partial charge in [-0.1, -0.05) is 0 Å². The van der Waals surface area contributed by atoms with E-state index in [-0.39, 0.29) is 0 Å². The molecule has 0 aliphatic carbocycles. The van der Waals surface area contributed by atoms with Crippen molar-refractivity contribution in [2.24, 2.45) is 0 Å². The second-order valence-electron chi connectivity index (χ2n) is 4.23. The number of methoxy groups -OCH3 is 1. The lowest BCUT2D eigenvalue weighted by molar-refractivity contribution is 0.199. The molecular formula is C13H20N2O3. The summed E-state index contributed by atoms with van der Waals surface area (Å²) in [6.07, 6.45) is 0.894. The summed E-state index contributed by atoms with van der Waals surface area (Å²) in [6, 6.07) is 3.74. The minimum atomic E-state index is 0.674. The molecule has 0 saturated carbocycles. The molecule has 2 rings (SSSR count). The molecule has 0 radical (unpaired) electrons. The molecule has 100 valence electrons. The summed E-state index contributed by atoms with van der Waals surface area (Å²) in [5.74, 6) is 1.56. The molecule has 1 aliphatic heterocycles. The number of nitrogen functional groups attached to an aromatic ring is 1. The van der Waals surface area contributed by atoms with Gasteiger partial charge in [-0.3, -0.25) is 0 Å². The number of ether oxygens (including phenoxy) is 3. The van der Waals surface area contributed by atoms with Gasteiger partial charge < -0.3 is 25.3 Å². The van der Waals surface area contributed by atoms with Crippen molar-refractivity contribution in [2.45, 2.75) is 13.0 Å². The number of hydrogen-bond donors (Lipinski definition) is 2. The van der Waals surface area contributed by atoms with Crippen LogP contribution in [0.15, 0.2) is 12.1 Å². The summed E-state index contributed by atoms with van der Waals surface area (Å²) in [5.41, 5.74) is 7.60. The van der Waals surface area contributed by atoms with Crippen LogP contribution < -0.4 is 20.5 Å². The third kappa shape index (κ3) is 3.27. The van der Waals surface area contributed by atoms with Crippen LogP contribution in [0.3, 0.4) is 0 Å². The van der Waals surface area contributed by atoms with Crippen molar-refractivity contribution in [2.75, 3.05) is 39.2 Å². The Labute approximate surface area is 107 Å². The van der Waals surface area contributed by atoms with Crippen molar-refractivity contribution >= 4 is 5.69 Å². The predicted molar refractivity (Wildman–Crippen MR) is 70.0 cm³/mol. The fourth-order valence-electron chi connectivity index (χ4n) is 1.90. The minimum absolute atomic E-state index is 0.674. The fourth-order valence-corrected chi connectivity index (χ4v) is 1.90. The molecule has 1 aromatic rings. The Morgan fingerprint density at radius 3 is 3.00 bits per heavy atom. The van der Waals surface area contributed by atoms with Gasteiger partial charge in [-0.2, -0.15) is 0 Å². The number of nitrogens with one attached hydrogen (secondary N) is 1. The highest BCUT2D eigenvalue weighted by Crippen LogP contribution is 2.35. The van der Waals surface area contributed by atoms with Gasteiger partial charge >= 0.3 is 0 Å². The second kappa shape index (κ2) is 6.47. The van der Waals surface area contributed by atoms with Gasteiger partial charge in [0.25, 0.3) is 0 Å². The molecule has 5 nitrogen and oxygen atoms in total. The summed E-state index contributed by atoms with van der Waals surface area (Å²) < 4.78 is 16.4. The van der Waals surface area contributed by atoms with Crippen LogP contribution in [0.1, 0.15) is 12.0 Å². The summed E-state index contributed by atoms with van der Waals surface area (Å²) in [4.78, 5) is 0. The van der Waals surface area contributed by atoms with E-state index >= 15 is 0 Å². The molecule has 0 spiro atoms. The van der Waals surface area contributed by atoms with Crippen molar-refractivity contribution in [1.82, 2.24) is 5.32 Å². The van der Waals surface area contributed by atoms with Crippen LogP contribution in [0.25, 0.3) is 0 Å². The van der Waals surface area contributed by atoms with Crippen molar-refractivity contribution in [3.63, 3.8) is 0 Å². The van der Waals surface area contributed by atoms with Crippen LogP contribution in [0.5, 0.6) is 11.5 Å². The monoisotopic (exact) mass is 252 g/mol. The summed E-state index contributed by atoms with van der Waals surface area (Å²) in [5, 5.41) is 3.28. The topological polar surface area (TPSA) is 65.7 Å². The van der Waals surface area contributed by atoms with Crippen molar-refractivity contribution in [1.29, 1.82) is 0 Å². The Balaban J connectivity index is 2.10. The number of nitrogens with two attached hydrogens (primary N) is 1. The maximum absolute atomic E-state index is 5.88. The standard InChI is InChI=1S/C13H20N2O3/c1-16-6-3-15-9-10-7-11(14)8-12-13(10)18-5-2-4-17-12/h7-8,15H,2-6,9,14H2,1H3. The number of anilines is 1. The molecule has 0 saturated heterocycles. The van der Waals surface area contributed by atoms with Crippen molar-refractivity contribution in [3.05, 3.63) is 17.7 Å². The molecule has 0 atom stereocenters. The highest BCUT2D eigenvalue weighted by Gasteiger charge is 2.15. The third-order valence-corrected chi connectivity index (χ3v) is 2.75. The molecule has 5 heteroatoms. The van der Waals surface area contributed by atoms with Gasteiger partial charge in [0.1, 0.15) is 0 Å². The van der Waals surface area contributed by atoms with Gasteiger partial charge in [0.15, 0.2) is 11.5 Å². The molecule has 0 unspecified atom stereocenters. The average Bonchev–Trinajstić information content (AvgIpc) is 2.59. The molecule has 0 aromatic heterocycles. The Morgan fingerprint density at radius 1 is 1.33 bits per heavy atom. The average molecular weight is 252 g/mol. The van der Waals surface area contributed by atoms with E-state index in [4.69, 9.17) is 19.9 Å². The lowest BCUT2D eigenvalue weighted by atomic mass is 10.1. The molecule has 3 N–H and O–H groups in total. The second-order valence-corrected chi connectivity index (χ2v) is 4.23. The van der Waals surface area contributed by atoms with Gasteiger partial charge in [-0.25, -0.2) is 0 Å². The molecule has 0 fully saturated rings. The van der Waals surface area contributed by atoms with E-state index in [9.17, 15) is 0 Å². The summed E-state index contributed by atoms with van der Waals surface area (Å²) in [7, 11) is 1.69. The molecule has 18 heavy (non-hydrogen) atoms. The zero-order valence-corrected chi connectivity index (χ0v) is 10.7. The van der Waals surface area contributed by atoms with Crippen LogP contribution >= 0.6 is 0 Å². The molecular weight excluding hydrogens is 232 g/mol. The first kappa shape index (κ1) is 13.0. The molecule has 1 heterocycles. The maximum atomic E-state index is 5.88. The molecule has 0 bridgehead atoms. The first-order valence-corrected chi connectivity index (χ1v) is 6.19. The van der Waals surface area contributed by atoms with E-state index in [1.807, 2.05) is 12.1 Å². The number of rotatable bonds is 5. The fraction of sp³-hybridized carbons (Fsp3) is 0.538. The number of hydrogen-bond acceptors (Lipinski definition) is 5. The Bertz CT molecular complexity index is 396. The third-order valence-electron chi connectivity index (χ3n) is 2.75. The van der Waals surface area contributed by atoms with Crippen LogP contribution in [0.2, 0.25) is 0 Å². The number of fused-ring (bicyclic) bond motifs is 1. The highest BCUT2D eigenvalue weighted by atomic mass is 16.5. The van der Waals surface area contributed by atoms with Crippen molar-refractivity contribution in [3.8, 4) is 11.5 Å². The highest BCUT2D eigenvalue weighted by molar-refractivity contribution is 5.57. The minimum Gasteiger partial charge on any atom is -0.489 e. The van der Waals surface area contributed by atoms with Crippen molar-refractivity contribution < 1.29 is 14.2 Å². The Morgan fingerprint density at radius 2 is 2.17 bits per heavy atom. The van der Waals surface area contributed by atoms with Crippen LogP contribution in [0, 0.1) is 0 Å². The van der Waals surface area contributed by atoms with E-state index in [0.717, 1.165) is 30.0 Å². The maximum Gasteiger partial charge on any atom is 0.165 e. The van der Waals surface area contributed by atoms with Gasteiger partial charge in [-0.15, -0.1) is 0 Å². The normalized spacial score (nSPS) is 14.3. The predicted octanol–water partition coefficient (Wildman–Crippen LogP) is 1.17. The quantitative estimate of drug-likeness (QED) is 0.608. The van der Waals surface area contributed by atoms with E-state index < -0.39 is 0 Å². The molecule has 1 aromatic carbocycles. The van der Waals surface area contributed by atoms with E-state index in [1.54, 1.807) is 7.11 Å². The van der Waals surface area contributed by atoms with E-state index in [2.05, 4.69) is 5.32 Å². The van der Waals surface area contributed by atoms with Gasteiger partial charge in [0.05, 0.1) is 19.8 Å². The lowest BCUT2D eigenvalue weighted by Gasteiger charge is -2.14. The molecule has 0 amide bonds. The first-order chi connectivity index (χ1) is 8.81. The van der Waals surface area contributed by atoms with Crippen LogP contribution in [0.4, 0.5) is 5.69 Å². The van der Waals surface area contributed by atoms with Gasteiger partial charge in [0, 0.05) is 43.9 Å². The SMILES string of the molecule is COCCNCc1cc(N)cc2c1OCCCO2. The Hall–Kier alpha value is -1.46. The summed E-state index contributed by atoms with van der Waals surface area (Å²) in [6.45, 7) is 3.53. The number of benzene rings is 1. The van der Waals surface area contributed by atoms with Crippen LogP contribution in [-0.2, 0) is 11.3 Å².